The summed E-state index contributed by atoms with van der Waals surface area (Å²) >= 11 is 18.0. The fourth-order valence-corrected chi connectivity index (χ4v) is 3.12. The van der Waals surface area contributed by atoms with E-state index in [1.807, 2.05) is 66.7 Å². The highest BCUT2D eigenvalue weighted by Crippen LogP contribution is 2.24. The minimum atomic E-state index is 0. The van der Waals surface area contributed by atoms with E-state index in [1.54, 1.807) is 0 Å². The number of nitrogens with one attached hydrogen (secondary N) is 1. The first-order valence-electron chi connectivity index (χ1n) is 8.71. The first-order valence-corrected chi connectivity index (χ1v) is 9.84. The van der Waals surface area contributed by atoms with Crippen molar-refractivity contribution in [2.75, 3.05) is 6.54 Å². The topological polar surface area (TPSA) is 21.3 Å². The molecular formula is C22H21Cl4NO. The van der Waals surface area contributed by atoms with E-state index in [-0.39, 0.29) is 12.4 Å². The summed E-state index contributed by atoms with van der Waals surface area (Å²) in [7, 11) is 0. The highest BCUT2D eigenvalue weighted by Gasteiger charge is 2.06. The van der Waals surface area contributed by atoms with Crippen LogP contribution in [0.15, 0.2) is 66.7 Å². The van der Waals surface area contributed by atoms with E-state index in [1.165, 1.54) is 5.56 Å². The highest BCUT2D eigenvalue weighted by molar-refractivity contribution is 6.31. The van der Waals surface area contributed by atoms with Crippen molar-refractivity contribution < 1.29 is 4.74 Å². The molecule has 0 bridgehead atoms. The van der Waals surface area contributed by atoms with Crippen molar-refractivity contribution in [2.45, 2.75) is 19.6 Å². The molecule has 1 N–H and O–H groups in total. The predicted molar refractivity (Wildman–Crippen MR) is 121 cm³/mol. The van der Waals surface area contributed by atoms with Gasteiger partial charge in [0.1, 0.15) is 12.4 Å². The van der Waals surface area contributed by atoms with Crippen LogP contribution in [0.2, 0.25) is 15.1 Å². The van der Waals surface area contributed by atoms with Gasteiger partial charge in [-0.25, -0.2) is 0 Å². The molecule has 28 heavy (non-hydrogen) atoms. The molecule has 0 unspecified atom stereocenters. The Hall–Kier alpha value is -1.42. The van der Waals surface area contributed by atoms with E-state index < -0.39 is 0 Å². The number of hydrogen-bond donors (Lipinski definition) is 1. The van der Waals surface area contributed by atoms with Gasteiger partial charge < -0.3 is 10.1 Å². The fraction of sp³-hybridized carbons (Fsp3) is 0.182. The van der Waals surface area contributed by atoms with Gasteiger partial charge in [-0.05, 0) is 66.6 Å². The molecule has 0 saturated carbocycles. The van der Waals surface area contributed by atoms with Crippen LogP contribution in [0.3, 0.4) is 0 Å². The first kappa shape index (κ1) is 22.9. The molecule has 0 amide bonds. The van der Waals surface area contributed by atoms with Gasteiger partial charge in [-0.15, -0.1) is 12.4 Å². The molecule has 6 heteroatoms. The van der Waals surface area contributed by atoms with Crippen molar-refractivity contribution in [2.24, 2.45) is 0 Å². The third-order valence-electron chi connectivity index (χ3n) is 4.15. The molecule has 0 aliphatic carbocycles. The molecule has 0 atom stereocenters. The molecule has 0 aliphatic rings. The number of rotatable bonds is 8. The lowest BCUT2D eigenvalue weighted by molar-refractivity contribution is 0.302. The Balaban J connectivity index is 0.00000280. The third kappa shape index (κ3) is 7.20. The van der Waals surface area contributed by atoms with Gasteiger partial charge >= 0.3 is 0 Å². The molecule has 0 radical (unpaired) electrons. The van der Waals surface area contributed by atoms with Crippen molar-refractivity contribution in [1.82, 2.24) is 5.32 Å². The predicted octanol–water partition coefficient (Wildman–Crippen LogP) is 6.98. The van der Waals surface area contributed by atoms with Crippen LogP contribution in [0.1, 0.15) is 16.7 Å². The molecule has 148 valence electrons. The summed E-state index contributed by atoms with van der Waals surface area (Å²) in [5, 5.41) is 5.62. The number of benzene rings is 3. The lowest BCUT2D eigenvalue weighted by Crippen LogP contribution is -2.17. The van der Waals surface area contributed by atoms with Crippen molar-refractivity contribution in [3.63, 3.8) is 0 Å². The van der Waals surface area contributed by atoms with E-state index in [0.717, 1.165) is 39.9 Å². The summed E-state index contributed by atoms with van der Waals surface area (Å²) in [6.45, 7) is 2.02. The Morgan fingerprint density at radius 1 is 0.714 bits per heavy atom. The van der Waals surface area contributed by atoms with Gasteiger partial charge in [0.05, 0.1) is 0 Å². The Morgan fingerprint density at radius 3 is 1.93 bits per heavy atom. The summed E-state index contributed by atoms with van der Waals surface area (Å²) in [6, 6.07) is 21.3. The molecule has 0 aliphatic heterocycles. The summed E-state index contributed by atoms with van der Waals surface area (Å²) in [4.78, 5) is 0. The molecule has 0 heterocycles. The van der Waals surface area contributed by atoms with Gasteiger partial charge in [-0.1, -0.05) is 59.1 Å². The molecule has 3 aromatic rings. The zero-order valence-corrected chi connectivity index (χ0v) is 18.2. The van der Waals surface area contributed by atoms with E-state index >= 15 is 0 Å². The van der Waals surface area contributed by atoms with E-state index in [2.05, 4.69) is 5.32 Å². The maximum atomic E-state index is 6.16. The Bertz CT molecular complexity index is 867. The van der Waals surface area contributed by atoms with Crippen LogP contribution in [-0.4, -0.2) is 6.54 Å². The second-order valence-electron chi connectivity index (χ2n) is 6.22. The highest BCUT2D eigenvalue weighted by atomic mass is 35.5. The molecular weight excluding hydrogens is 436 g/mol. The second-order valence-corrected chi connectivity index (χ2v) is 7.53. The van der Waals surface area contributed by atoms with Crippen molar-refractivity contribution in [1.29, 1.82) is 0 Å². The molecule has 0 saturated heterocycles. The molecule has 3 aromatic carbocycles. The van der Waals surface area contributed by atoms with E-state index in [9.17, 15) is 0 Å². The normalized spacial score (nSPS) is 10.4. The SMILES string of the molecule is Cl.Clc1ccc(CCNCc2cc(Cl)ccc2OCc2ccc(Cl)cc2)cc1. The van der Waals surface area contributed by atoms with Crippen LogP contribution in [-0.2, 0) is 19.6 Å². The second kappa shape index (κ2) is 11.5. The number of ether oxygens (including phenoxy) is 1. The van der Waals surface area contributed by atoms with Gasteiger partial charge in [0.2, 0.25) is 0 Å². The number of halogens is 4. The zero-order chi connectivity index (χ0) is 19.1. The Labute approximate surface area is 187 Å². The third-order valence-corrected chi connectivity index (χ3v) is 4.89. The first-order chi connectivity index (χ1) is 13.1. The van der Waals surface area contributed by atoms with Gasteiger partial charge in [-0.2, -0.15) is 0 Å². The molecule has 0 aromatic heterocycles. The standard InChI is InChI=1S/C22H20Cl3NO.ClH/c23-19-5-1-16(2-6-19)11-12-26-14-18-13-21(25)9-10-22(18)27-15-17-3-7-20(24)8-4-17;/h1-10,13,26H,11-12,14-15H2;1H. The zero-order valence-electron chi connectivity index (χ0n) is 15.1. The lowest BCUT2D eigenvalue weighted by Gasteiger charge is -2.13. The van der Waals surface area contributed by atoms with Gasteiger partial charge in [0, 0.05) is 27.2 Å². The Morgan fingerprint density at radius 2 is 1.29 bits per heavy atom. The quantitative estimate of drug-likeness (QED) is 0.369. The van der Waals surface area contributed by atoms with Crippen LogP contribution in [0.5, 0.6) is 5.75 Å². The molecule has 0 fully saturated rings. The van der Waals surface area contributed by atoms with Gasteiger partial charge in [0.25, 0.3) is 0 Å². The van der Waals surface area contributed by atoms with Crippen LogP contribution in [0.25, 0.3) is 0 Å². The van der Waals surface area contributed by atoms with Crippen molar-refractivity contribution in [3.05, 3.63) is 98.5 Å². The summed E-state index contributed by atoms with van der Waals surface area (Å²) in [5.41, 5.74) is 3.35. The molecule has 0 spiro atoms. The molecule has 3 rings (SSSR count). The molecule has 2 nitrogen and oxygen atoms in total. The van der Waals surface area contributed by atoms with Crippen molar-refractivity contribution in [3.8, 4) is 5.75 Å². The van der Waals surface area contributed by atoms with E-state index in [4.69, 9.17) is 39.5 Å². The largest absolute Gasteiger partial charge is 0.489 e. The maximum absolute atomic E-state index is 6.16. The summed E-state index contributed by atoms with van der Waals surface area (Å²) in [6.07, 6.45) is 0.929. The van der Waals surface area contributed by atoms with Crippen LogP contribution in [0, 0.1) is 0 Å². The van der Waals surface area contributed by atoms with E-state index in [0.29, 0.717) is 18.2 Å². The monoisotopic (exact) mass is 455 g/mol. The van der Waals surface area contributed by atoms with Crippen LogP contribution in [0.4, 0.5) is 0 Å². The van der Waals surface area contributed by atoms with Gasteiger partial charge in [0.15, 0.2) is 0 Å². The lowest BCUT2D eigenvalue weighted by atomic mass is 10.1. The fourth-order valence-electron chi connectivity index (χ4n) is 2.68. The van der Waals surface area contributed by atoms with Crippen LogP contribution < -0.4 is 10.1 Å². The smallest absolute Gasteiger partial charge is 0.124 e. The maximum Gasteiger partial charge on any atom is 0.124 e. The summed E-state index contributed by atoms with van der Waals surface area (Å²) in [5.74, 6) is 0.827. The average molecular weight is 457 g/mol. The van der Waals surface area contributed by atoms with Crippen LogP contribution >= 0.6 is 47.2 Å². The van der Waals surface area contributed by atoms with Gasteiger partial charge in [-0.3, -0.25) is 0 Å². The van der Waals surface area contributed by atoms with Crippen molar-refractivity contribution >= 4 is 47.2 Å². The summed E-state index contributed by atoms with van der Waals surface area (Å²) < 4.78 is 5.99. The Kier molecular flexibility index (Phi) is 9.43. The minimum absolute atomic E-state index is 0. The average Bonchev–Trinajstić information content (AvgIpc) is 2.67. The number of hydrogen-bond acceptors (Lipinski definition) is 2. The minimum Gasteiger partial charge on any atom is -0.489 e.